The van der Waals surface area contributed by atoms with Crippen molar-refractivity contribution in [3.8, 4) is 11.3 Å². The fraction of sp³-hybridized carbons (Fsp3) is 0.100. The number of aromatic nitrogens is 1. The third kappa shape index (κ3) is 3.97. The van der Waals surface area contributed by atoms with E-state index in [1.807, 2.05) is 36.4 Å². The van der Waals surface area contributed by atoms with Gasteiger partial charge in [-0.1, -0.05) is 30.3 Å². The maximum atomic E-state index is 12.5. The lowest BCUT2D eigenvalue weighted by molar-refractivity contribution is 0.102. The Morgan fingerprint density at radius 2 is 1.58 bits per heavy atom. The maximum absolute atomic E-state index is 12.5. The first kappa shape index (κ1) is 17.8. The summed E-state index contributed by atoms with van der Waals surface area (Å²) in [7, 11) is -3.26. The molecule has 0 spiro atoms. The lowest BCUT2D eigenvalue weighted by Gasteiger charge is -2.09. The van der Waals surface area contributed by atoms with Gasteiger partial charge in [0.25, 0.3) is 5.91 Å². The highest BCUT2D eigenvalue weighted by Crippen LogP contribution is 2.20. The van der Waals surface area contributed by atoms with Gasteiger partial charge in [-0.2, -0.15) is 0 Å². The molecule has 0 atom stereocenters. The van der Waals surface area contributed by atoms with E-state index < -0.39 is 9.84 Å². The average Bonchev–Trinajstić information content (AvgIpc) is 2.62. The zero-order valence-electron chi connectivity index (χ0n) is 14.4. The second-order valence-electron chi connectivity index (χ2n) is 5.95. The van der Waals surface area contributed by atoms with Gasteiger partial charge in [0.2, 0.25) is 0 Å². The molecule has 0 fully saturated rings. The molecule has 1 heterocycles. The molecule has 3 rings (SSSR count). The van der Waals surface area contributed by atoms with Gasteiger partial charge in [-0.3, -0.25) is 9.78 Å². The second-order valence-corrected chi connectivity index (χ2v) is 7.96. The summed E-state index contributed by atoms with van der Waals surface area (Å²) in [6, 6.07) is 19.4. The molecule has 2 aromatic carbocycles. The molecule has 1 N–H and O–H groups in total. The number of hydrogen-bond acceptors (Lipinski definition) is 4. The standard InChI is InChI=1S/C20H18N2O3S/c1-14-18(12-13-19(21-14)15-6-4-3-5-7-15)20(23)22-16-8-10-17(11-9-16)26(2,24)25/h3-13H,1-2H3,(H,22,23). The SMILES string of the molecule is Cc1nc(-c2ccccc2)ccc1C(=O)Nc1ccc(S(C)(=O)=O)cc1. The molecule has 1 amide bonds. The number of anilines is 1. The molecule has 0 aliphatic carbocycles. The number of aryl methyl sites for hydroxylation is 1. The van der Waals surface area contributed by atoms with Gasteiger partial charge in [0, 0.05) is 17.5 Å². The molecule has 132 valence electrons. The van der Waals surface area contributed by atoms with Crippen molar-refractivity contribution in [2.24, 2.45) is 0 Å². The smallest absolute Gasteiger partial charge is 0.257 e. The predicted molar refractivity (Wildman–Crippen MR) is 102 cm³/mol. The molecular weight excluding hydrogens is 348 g/mol. The molecular formula is C20H18N2O3S. The predicted octanol–water partition coefficient (Wildman–Crippen LogP) is 3.71. The molecule has 0 saturated heterocycles. The van der Waals surface area contributed by atoms with E-state index in [1.165, 1.54) is 12.1 Å². The van der Waals surface area contributed by atoms with Crippen LogP contribution in [0, 0.1) is 6.92 Å². The molecule has 0 unspecified atom stereocenters. The minimum atomic E-state index is -3.26. The molecule has 0 radical (unpaired) electrons. The van der Waals surface area contributed by atoms with Crippen molar-refractivity contribution in [3.05, 3.63) is 78.0 Å². The largest absolute Gasteiger partial charge is 0.322 e. The Hall–Kier alpha value is -2.99. The summed E-state index contributed by atoms with van der Waals surface area (Å²) in [5, 5.41) is 2.76. The summed E-state index contributed by atoms with van der Waals surface area (Å²) in [6.45, 7) is 1.79. The highest BCUT2D eigenvalue weighted by molar-refractivity contribution is 7.90. The zero-order chi connectivity index (χ0) is 18.7. The van der Waals surface area contributed by atoms with Crippen LogP contribution in [0.1, 0.15) is 16.1 Å². The lowest BCUT2D eigenvalue weighted by Crippen LogP contribution is -2.14. The third-order valence-corrected chi connectivity index (χ3v) is 5.07. The molecule has 6 heteroatoms. The normalized spacial score (nSPS) is 11.2. The molecule has 0 aliphatic heterocycles. The van der Waals surface area contributed by atoms with Crippen LogP contribution in [0.15, 0.2) is 71.6 Å². The van der Waals surface area contributed by atoms with Crippen LogP contribution < -0.4 is 5.32 Å². The Labute approximate surface area is 152 Å². The minimum Gasteiger partial charge on any atom is -0.322 e. The maximum Gasteiger partial charge on any atom is 0.257 e. The monoisotopic (exact) mass is 366 g/mol. The van der Waals surface area contributed by atoms with Gasteiger partial charge in [0.1, 0.15) is 0 Å². The number of carbonyl (C=O) groups is 1. The van der Waals surface area contributed by atoms with Crippen LogP contribution in [0.2, 0.25) is 0 Å². The van der Waals surface area contributed by atoms with Crippen molar-refractivity contribution in [1.82, 2.24) is 4.98 Å². The van der Waals surface area contributed by atoms with Crippen molar-refractivity contribution in [2.45, 2.75) is 11.8 Å². The van der Waals surface area contributed by atoms with Crippen LogP contribution in [-0.4, -0.2) is 25.6 Å². The lowest BCUT2D eigenvalue weighted by atomic mass is 10.1. The number of hydrogen-bond donors (Lipinski definition) is 1. The fourth-order valence-corrected chi connectivity index (χ4v) is 3.19. The number of carbonyl (C=O) groups excluding carboxylic acids is 1. The van der Waals surface area contributed by atoms with Crippen molar-refractivity contribution < 1.29 is 13.2 Å². The van der Waals surface area contributed by atoms with Crippen LogP contribution in [-0.2, 0) is 9.84 Å². The Balaban J connectivity index is 1.80. The van der Waals surface area contributed by atoms with Crippen LogP contribution in [0.4, 0.5) is 5.69 Å². The number of pyridine rings is 1. The van der Waals surface area contributed by atoms with Crippen LogP contribution >= 0.6 is 0 Å². The third-order valence-electron chi connectivity index (χ3n) is 3.94. The molecule has 5 nitrogen and oxygen atoms in total. The van der Waals surface area contributed by atoms with E-state index in [4.69, 9.17) is 0 Å². The van der Waals surface area contributed by atoms with E-state index in [-0.39, 0.29) is 10.8 Å². The first-order valence-electron chi connectivity index (χ1n) is 7.99. The van der Waals surface area contributed by atoms with Gasteiger partial charge in [-0.05, 0) is 43.3 Å². The topological polar surface area (TPSA) is 76.1 Å². The van der Waals surface area contributed by atoms with Crippen molar-refractivity contribution in [2.75, 3.05) is 11.6 Å². The highest BCUT2D eigenvalue weighted by atomic mass is 32.2. The van der Waals surface area contributed by atoms with Crippen LogP contribution in [0.5, 0.6) is 0 Å². The van der Waals surface area contributed by atoms with E-state index in [2.05, 4.69) is 10.3 Å². The van der Waals surface area contributed by atoms with Gasteiger partial charge in [-0.25, -0.2) is 8.42 Å². The van der Waals surface area contributed by atoms with Crippen molar-refractivity contribution in [1.29, 1.82) is 0 Å². The Morgan fingerprint density at radius 3 is 2.15 bits per heavy atom. The Morgan fingerprint density at radius 1 is 0.923 bits per heavy atom. The summed E-state index contributed by atoms with van der Waals surface area (Å²) >= 11 is 0. The van der Waals surface area contributed by atoms with E-state index in [0.29, 0.717) is 16.9 Å². The van der Waals surface area contributed by atoms with Gasteiger partial charge in [0.15, 0.2) is 9.84 Å². The Bertz CT molecular complexity index is 1040. The van der Waals surface area contributed by atoms with Crippen LogP contribution in [0.25, 0.3) is 11.3 Å². The number of nitrogens with one attached hydrogen (secondary N) is 1. The average molecular weight is 366 g/mol. The number of sulfone groups is 1. The second kappa shape index (κ2) is 7.09. The first-order chi connectivity index (χ1) is 12.3. The number of amides is 1. The summed E-state index contributed by atoms with van der Waals surface area (Å²) in [5.74, 6) is -0.290. The first-order valence-corrected chi connectivity index (χ1v) is 9.88. The van der Waals surface area contributed by atoms with Gasteiger partial charge in [0.05, 0.1) is 21.8 Å². The van der Waals surface area contributed by atoms with E-state index in [9.17, 15) is 13.2 Å². The quantitative estimate of drug-likeness (QED) is 0.764. The molecule has 0 saturated carbocycles. The molecule has 3 aromatic rings. The van der Waals surface area contributed by atoms with Crippen molar-refractivity contribution in [3.63, 3.8) is 0 Å². The summed E-state index contributed by atoms with van der Waals surface area (Å²) in [6.07, 6.45) is 1.14. The minimum absolute atomic E-state index is 0.209. The molecule has 26 heavy (non-hydrogen) atoms. The van der Waals surface area contributed by atoms with Gasteiger partial charge < -0.3 is 5.32 Å². The Kier molecular flexibility index (Phi) is 4.86. The zero-order valence-corrected chi connectivity index (χ0v) is 15.2. The number of nitrogens with zero attached hydrogens (tertiary/aromatic N) is 1. The van der Waals surface area contributed by atoms with Gasteiger partial charge in [-0.15, -0.1) is 0 Å². The fourth-order valence-electron chi connectivity index (χ4n) is 2.55. The number of rotatable bonds is 4. The summed E-state index contributed by atoms with van der Waals surface area (Å²) in [4.78, 5) is 17.2. The molecule has 1 aromatic heterocycles. The summed E-state index contributed by atoms with van der Waals surface area (Å²) in [5.41, 5.74) is 3.40. The van der Waals surface area contributed by atoms with Crippen LogP contribution in [0.3, 0.4) is 0 Å². The van der Waals surface area contributed by atoms with E-state index in [1.54, 1.807) is 25.1 Å². The van der Waals surface area contributed by atoms with E-state index in [0.717, 1.165) is 17.5 Å². The van der Waals surface area contributed by atoms with Crippen molar-refractivity contribution >= 4 is 21.4 Å². The summed E-state index contributed by atoms with van der Waals surface area (Å²) < 4.78 is 23.0. The van der Waals surface area contributed by atoms with E-state index >= 15 is 0 Å². The molecule has 0 aliphatic rings. The molecule has 0 bridgehead atoms. The highest BCUT2D eigenvalue weighted by Gasteiger charge is 2.13. The van der Waals surface area contributed by atoms with Gasteiger partial charge >= 0.3 is 0 Å². The number of benzene rings is 2.